The van der Waals surface area contributed by atoms with Gasteiger partial charge in [-0.2, -0.15) is 0 Å². The zero-order chi connectivity index (χ0) is 21.8. The summed E-state index contributed by atoms with van der Waals surface area (Å²) in [5.41, 5.74) is 2.35. The van der Waals surface area contributed by atoms with Crippen LogP contribution in [0.3, 0.4) is 0 Å². The molecule has 0 aliphatic carbocycles. The number of nitrogens with zero attached hydrogens (tertiary/aromatic N) is 2. The average Bonchev–Trinajstić information content (AvgIpc) is 3.30. The lowest BCUT2D eigenvalue weighted by Crippen LogP contribution is -2.15. The van der Waals surface area contributed by atoms with Gasteiger partial charge in [0.25, 0.3) is 5.91 Å². The van der Waals surface area contributed by atoms with Gasteiger partial charge in [-0.15, -0.1) is 5.10 Å². The molecule has 0 saturated heterocycles. The number of ketones is 1. The van der Waals surface area contributed by atoms with Crippen LogP contribution >= 0.6 is 23.1 Å². The summed E-state index contributed by atoms with van der Waals surface area (Å²) in [5.74, 6) is 0.0460. The Hall–Kier alpha value is -3.55. The summed E-state index contributed by atoms with van der Waals surface area (Å²) in [6, 6.07) is 20.8. The molecule has 4 rings (SSSR count). The van der Waals surface area contributed by atoms with Crippen molar-refractivity contribution in [2.45, 2.75) is 0 Å². The minimum atomic E-state index is -0.412. The minimum Gasteiger partial charge on any atom is -0.497 e. The van der Waals surface area contributed by atoms with Gasteiger partial charge in [0.1, 0.15) is 16.3 Å². The van der Waals surface area contributed by atoms with E-state index < -0.39 is 5.91 Å². The van der Waals surface area contributed by atoms with Crippen molar-refractivity contribution in [1.82, 2.24) is 9.59 Å². The number of aromatic nitrogens is 2. The number of anilines is 1. The number of hydrogen-bond acceptors (Lipinski definition) is 6. The normalized spacial score (nSPS) is 10.5. The van der Waals surface area contributed by atoms with Crippen LogP contribution in [0.5, 0.6) is 5.75 Å². The van der Waals surface area contributed by atoms with E-state index in [0.717, 1.165) is 17.1 Å². The van der Waals surface area contributed by atoms with Crippen LogP contribution in [-0.2, 0) is 0 Å². The van der Waals surface area contributed by atoms with Gasteiger partial charge < -0.3 is 10.1 Å². The first-order chi connectivity index (χ1) is 15.1. The molecular weight excluding hydrogens is 434 g/mol. The molecule has 1 N–H and O–H groups in total. The van der Waals surface area contributed by atoms with E-state index in [-0.39, 0.29) is 5.78 Å². The quantitative estimate of drug-likeness (QED) is 0.401. The first-order valence-corrected chi connectivity index (χ1v) is 10.4. The van der Waals surface area contributed by atoms with Crippen LogP contribution in [0.2, 0.25) is 5.02 Å². The average molecular weight is 450 g/mol. The number of ether oxygens (including phenoxy) is 1. The first kappa shape index (κ1) is 20.7. The summed E-state index contributed by atoms with van der Waals surface area (Å²) in [6.07, 6.45) is 0. The van der Waals surface area contributed by atoms with Crippen molar-refractivity contribution in [1.29, 1.82) is 0 Å². The van der Waals surface area contributed by atoms with Gasteiger partial charge in [-0.05, 0) is 54.0 Å². The molecule has 3 aromatic carbocycles. The maximum absolute atomic E-state index is 13.0. The standard InChI is InChI=1S/C23H16ClN3O3S/c1-30-17-10-7-14(8-11-17)20-22(31-27-26-20)23(29)25-19-12-9-16(24)13-18(19)21(28)15-5-3-2-4-6-15/h2-13H,1H3,(H,25,29). The number of halogens is 1. The highest BCUT2D eigenvalue weighted by Crippen LogP contribution is 2.28. The third-order valence-electron chi connectivity index (χ3n) is 4.57. The van der Waals surface area contributed by atoms with Gasteiger partial charge in [0, 0.05) is 21.7 Å². The summed E-state index contributed by atoms with van der Waals surface area (Å²) in [5, 5.41) is 7.31. The predicted octanol–water partition coefficient (Wildman–Crippen LogP) is 5.35. The first-order valence-electron chi connectivity index (χ1n) is 9.24. The van der Waals surface area contributed by atoms with Crippen molar-refractivity contribution in [3.05, 3.63) is 93.8 Å². The van der Waals surface area contributed by atoms with E-state index in [2.05, 4.69) is 14.9 Å². The van der Waals surface area contributed by atoms with Crippen molar-refractivity contribution in [2.75, 3.05) is 12.4 Å². The fraction of sp³-hybridized carbons (Fsp3) is 0.0435. The molecule has 1 heterocycles. The molecule has 154 valence electrons. The van der Waals surface area contributed by atoms with Gasteiger partial charge in [0.05, 0.1) is 12.8 Å². The lowest BCUT2D eigenvalue weighted by molar-refractivity contribution is 0.103. The molecule has 0 aliphatic heterocycles. The van der Waals surface area contributed by atoms with Gasteiger partial charge in [-0.3, -0.25) is 9.59 Å². The van der Waals surface area contributed by atoms with Crippen LogP contribution in [0.1, 0.15) is 25.6 Å². The molecule has 0 bridgehead atoms. The highest BCUT2D eigenvalue weighted by Gasteiger charge is 2.21. The van der Waals surface area contributed by atoms with Crippen LogP contribution in [0.15, 0.2) is 72.8 Å². The molecule has 0 saturated carbocycles. The molecule has 0 atom stereocenters. The van der Waals surface area contributed by atoms with Crippen molar-refractivity contribution < 1.29 is 14.3 Å². The Labute approximate surface area is 187 Å². The van der Waals surface area contributed by atoms with Crippen LogP contribution in [-0.4, -0.2) is 28.4 Å². The predicted molar refractivity (Wildman–Crippen MR) is 121 cm³/mol. The Balaban J connectivity index is 1.64. The summed E-state index contributed by atoms with van der Waals surface area (Å²) < 4.78 is 9.10. The molecule has 0 unspecified atom stereocenters. The number of rotatable bonds is 6. The number of benzene rings is 3. The number of carbonyl (C=O) groups is 2. The van der Waals surface area contributed by atoms with E-state index >= 15 is 0 Å². The second kappa shape index (κ2) is 9.07. The van der Waals surface area contributed by atoms with Crippen molar-refractivity contribution in [3.63, 3.8) is 0 Å². The van der Waals surface area contributed by atoms with Gasteiger partial charge >= 0.3 is 0 Å². The van der Waals surface area contributed by atoms with E-state index in [1.807, 2.05) is 6.07 Å². The van der Waals surface area contributed by atoms with Gasteiger partial charge in [0.2, 0.25) is 0 Å². The highest BCUT2D eigenvalue weighted by atomic mass is 35.5. The zero-order valence-electron chi connectivity index (χ0n) is 16.3. The Morgan fingerprint density at radius 1 is 1.00 bits per heavy atom. The molecular formula is C23H16ClN3O3S. The maximum atomic E-state index is 13.0. The second-order valence-corrected chi connectivity index (χ2v) is 7.71. The molecule has 0 aliphatic rings. The fourth-order valence-corrected chi connectivity index (χ4v) is 3.77. The third kappa shape index (κ3) is 4.47. The molecule has 31 heavy (non-hydrogen) atoms. The van der Waals surface area contributed by atoms with E-state index in [9.17, 15) is 9.59 Å². The van der Waals surface area contributed by atoms with Crippen molar-refractivity contribution in [2.24, 2.45) is 0 Å². The largest absolute Gasteiger partial charge is 0.497 e. The fourth-order valence-electron chi connectivity index (χ4n) is 3.01. The number of hydrogen-bond donors (Lipinski definition) is 1. The zero-order valence-corrected chi connectivity index (χ0v) is 17.9. The third-order valence-corrected chi connectivity index (χ3v) is 5.53. The second-order valence-electron chi connectivity index (χ2n) is 6.52. The number of carbonyl (C=O) groups excluding carboxylic acids is 2. The smallest absolute Gasteiger partial charge is 0.269 e. The summed E-state index contributed by atoms with van der Waals surface area (Å²) >= 11 is 7.10. The molecule has 0 fully saturated rings. The minimum absolute atomic E-state index is 0.240. The molecule has 1 aromatic heterocycles. The van der Waals surface area contributed by atoms with Crippen LogP contribution in [0, 0.1) is 0 Å². The molecule has 0 spiro atoms. The van der Waals surface area contributed by atoms with Crippen molar-refractivity contribution in [3.8, 4) is 17.0 Å². The molecule has 6 nitrogen and oxygen atoms in total. The number of nitrogens with one attached hydrogen (secondary N) is 1. The van der Waals surface area contributed by atoms with E-state index in [0.29, 0.717) is 38.2 Å². The molecule has 4 aromatic rings. The summed E-state index contributed by atoms with van der Waals surface area (Å²) in [6.45, 7) is 0. The SMILES string of the molecule is COc1ccc(-c2nnsc2C(=O)Nc2ccc(Cl)cc2C(=O)c2ccccc2)cc1. The summed E-state index contributed by atoms with van der Waals surface area (Å²) in [7, 11) is 1.58. The van der Waals surface area contributed by atoms with Gasteiger partial charge in [-0.1, -0.05) is 46.4 Å². The molecule has 8 heteroatoms. The lowest BCUT2D eigenvalue weighted by Gasteiger charge is -2.11. The van der Waals surface area contributed by atoms with Gasteiger partial charge in [-0.25, -0.2) is 0 Å². The lowest BCUT2D eigenvalue weighted by atomic mass is 10.0. The Morgan fingerprint density at radius 3 is 2.45 bits per heavy atom. The van der Waals surface area contributed by atoms with Crippen LogP contribution < -0.4 is 10.1 Å². The van der Waals surface area contributed by atoms with Crippen LogP contribution in [0.4, 0.5) is 5.69 Å². The maximum Gasteiger partial charge on any atom is 0.269 e. The Kier molecular flexibility index (Phi) is 6.06. The summed E-state index contributed by atoms with van der Waals surface area (Å²) in [4.78, 5) is 26.4. The number of amides is 1. The monoisotopic (exact) mass is 449 g/mol. The van der Waals surface area contributed by atoms with Crippen LogP contribution in [0.25, 0.3) is 11.3 Å². The van der Waals surface area contributed by atoms with Gasteiger partial charge in [0.15, 0.2) is 5.78 Å². The Morgan fingerprint density at radius 2 is 1.74 bits per heavy atom. The number of methoxy groups -OCH3 is 1. The molecule has 0 radical (unpaired) electrons. The van der Waals surface area contributed by atoms with E-state index in [1.54, 1.807) is 73.8 Å². The molecule has 1 amide bonds. The Bertz CT molecular complexity index is 1240. The highest BCUT2D eigenvalue weighted by molar-refractivity contribution is 7.08. The van der Waals surface area contributed by atoms with E-state index in [1.165, 1.54) is 0 Å². The van der Waals surface area contributed by atoms with Crippen molar-refractivity contribution >= 4 is 40.5 Å². The topological polar surface area (TPSA) is 81.2 Å². The van der Waals surface area contributed by atoms with E-state index in [4.69, 9.17) is 16.3 Å².